The van der Waals surface area contributed by atoms with E-state index in [1.54, 1.807) is 0 Å². The van der Waals surface area contributed by atoms with E-state index in [1.807, 2.05) is 30.5 Å². The molecule has 26 heavy (non-hydrogen) atoms. The molecule has 0 aromatic heterocycles. The second kappa shape index (κ2) is 6.94. The lowest BCUT2D eigenvalue weighted by atomic mass is 9.80. The van der Waals surface area contributed by atoms with Gasteiger partial charge in [0.05, 0.1) is 5.69 Å². The van der Waals surface area contributed by atoms with Gasteiger partial charge in [0.1, 0.15) is 0 Å². The monoisotopic (exact) mass is 349 g/mol. The van der Waals surface area contributed by atoms with E-state index in [2.05, 4.69) is 61.2 Å². The number of carbonyl (C=O) groups is 1. The highest BCUT2D eigenvalue weighted by molar-refractivity contribution is 5.89. The van der Waals surface area contributed by atoms with Crippen molar-refractivity contribution in [2.24, 2.45) is 4.99 Å². The molecule has 0 bridgehead atoms. The van der Waals surface area contributed by atoms with Crippen molar-refractivity contribution in [1.82, 2.24) is 0 Å². The quantitative estimate of drug-likeness (QED) is 0.782. The molecule has 136 valence electrons. The van der Waals surface area contributed by atoms with Crippen molar-refractivity contribution in [3.63, 3.8) is 0 Å². The Morgan fingerprint density at radius 2 is 1.92 bits per heavy atom. The molecule has 1 aliphatic heterocycles. The van der Waals surface area contributed by atoms with Gasteiger partial charge >= 0.3 is 0 Å². The van der Waals surface area contributed by atoms with Crippen molar-refractivity contribution >= 4 is 29.2 Å². The van der Waals surface area contributed by atoms with E-state index in [9.17, 15) is 4.79 Å². The molecule has 0 saturated carbocycles. The third-order valence-corrected chi connectivity index (χ3v) is 5.21. The van der Waals surface area contributed by atoms with Gasteiger partial charge in [0.25, 0.3) is 0 Å². The first kappa shape index (κ1) is 18.2. The lowest BCUT2D eigenvalue weighted by Crippen LogP contribution is -2.45. The minimum atomic E-state index is -0.0717. The largest absolute Gasteiger partial charge is 0.369 e. The summed E-state index contributed by atoms with van der Waals surface area (Å²) in [4.78, 5) is 18.0. The summed E-state index contributed by atoms with van der Waals surface area (Å²) in [5.41, 5.74) is 5.63. The average Bonchev–Trinajstić information content (AvgIpc) is 2.58. The van der Waals surface area contributed by atoms with E-state index in [-0.39, 0.29) is 11.4 Å². The van der Waals surface area contributed by atoms with Crippen molar-refractivity contribution in [2.75, 3.05) is 17.3 Å². The minimum absolute atomic E-state index is 0.0717. The number of nitrogens with one attached hydrogen (secondary N) is 1. The summed E-state index contributed by atoms with van der Waals surface area (Å²) >= 11 is 0. The number of carbonyl (C=O) groups excluding carboxylic acids is 1. The first-order chi connectivity index (χ1) is 12.3. The Kier molecular flexibility index (Phi) is 4.86. The molecule has 0 spiro atoms. The number of fused-ring (bicyclic) bond motifs is 1. The third kappa shape index (κ3) is 3.79. The fraction of sp³-hybridized carbons (Fsp3) is 0.364. The van der Waals surface area contributed by atoms with Crippen LogP contribution in [0.25, 0.3) is 0 Å². The molecule has 0 radical (unpaired) electrons. The van der Waals surface area contributed by atoms with Crippen LogP contribution in [0, 0.1) is 0 Å². The highest BCUT2D eigenvalue weighted by Gasteiger charge is 2.33. The smallest absolute Gasteiger partial charge is 0.221 e. The van der Waals surface area contributed by atoms with Crippen LogP contribution < -0.4 is 10.2 Å². The van der Waals surface area contributed by atoms with Gasteiger partial charge in [0.15, 0.2) is 0 Å². The van der Waals surface area contributed by atoms with Crippen LogP contribution in [0.3, 0.4) is 0 Å². The summed E-state index contributed by atoms with van der Waals surface area (Å²) in [5, 5.41) is 2.76. The minimum Gasteiger partial charge on any atom is -0.369 e. The van der Waals surface area contributed by atoms with E-state index >= 15 is 0 Å². The summed E-state index contributed by atoms with van der Waals surface area (Å²) in [6, 6.07) is 14.1. The number of benzene rings is 2. The molecule has 4 nitrogen and oxygen atoms in total. The maximum atomic E-state index is 11.1. The molecular formula is C22H27N3O. The van der Waals surface area contributed by atoms with E-state index in [0.29, 0.717) is 5.92 Å². The molecule has 1 N–H and O–H groups in total. The Bertz CT molecular complexity index is 837. The standard InChI is InChI=1S/C22H27N3O/c1-15-13-22(3,4)25(5)21-11-6-17(12-20(15)21)14-23-18-7-9-19(10-8-18)24-16(2)26/h6-12,14-15H,13H2,1-5H3,(H,24,26). The van der Waals surface area contributed by atoms with Crippen LogP contribution in [0.15, 0.2) is 47.5 Å². The second-order valence-corrected chi connectivity index (χ2v) is 7.78. The number of nitrogens with zero attached hydrogens (tertiary/aromatic N) is 2. The Labute approximate surface area is 155 Å². The van der Waals surface area contributed by atoms with Gasteiger partial charge in [-0.05, 0) is 73.7 Å². The zero-order chi connectivity index (χ0) is 18.9. The number of amides is 1. The molecule has 1 heterocycles. The van der Waals surface area contributed by atoms with Crippen LogP contribution in [0.5, 0.6) is 0 Å². The number of hydrogen-bond acceptors (Lipinski definition) is 3. The predicted molar refractivity (Wildman–Crippen MR) is 110 cm³/mol. The zero-order valence-corrected chi connectivity index (χ0v) is 16.2. The van der Waals surface area contributed by atoms with Crippen LogP contribution in [0.1, 0.15) is 51.2 Å². The molecule has 1 amide bonds. The molecule has 1 atom stereocenters. The maximum absolute atomic E-state index is 11.1. The fourth-order valence-electron chi connectivity index (χ4n) is 3.66. The molecule has 1 aliphatic rings. The maximum Gasteiger partial charge on any atom is 0.221 e. The number of rotatable bonds is 3. The van der Waals surface area contributed by atoms with Crippen molar-refractivity contribution in [3.8, 4) is 0 Å². The molecule has 1 unspecified atom stereocenters. The summed E-state index contributed by atoms with van der Waals surface area (Å²) in [6.07, 6.45) is 3.04. The van der Waals surface area contributed by atoms with E-state index in [4.69, 9.17) is 0 Å². The Balaban J connectivity index is 1.80. The van der Waals surface area contributed by atoms with Crippen LogP contribution in [0.2, 0.25) is 0 Å². The van der Waals surface area contributed by atoms with Crippen LogP contribution in [-0.2, 0) is 4.79 Å². The molecule has 0 aliphatic carbocycles. The van der Waals surface area contributed by atoms with Crippen LogP contribution >= 0.6 is 0 Å². The highest BCUT2D eigenvalue weighted by Crippen LogP contribution is 2.42. The first-order valence-electron chi connectivity index (χ1n) is 9.06. The summed E-state index contributed by atoms with van der Waals surface area (Å²) in [5.74, 6) is 0.457. The van der Waals surface area contributed by atoms with Gasteiger partial charge in [-0.15, -0.1) is 0 Å². The summed E-state index contributed by atoms with van der Waals surface area (Å²) in [7, 11) is 2.18. The topological polar surface area (TPSA) is 44.7 Å². The van der Waals surface area contributed by atoms with Gasteiger partial charge < -0.3 is 10.2 Å². The van der Waals surface area contributed by atoms with Crippen LogP contribution in [-0.4, -0.2) is 24.7 Å². The van der Waals surface area contributed by atoms with Gasteiger partial charge in [-0.3, -0.25) is 9.79 Å². The lowest BCUT2D eigenvalue weighted by Gasteiger charge is -2.45. The van der Waals surface area contributed by atoms with E-state index < -0.39 is 0 Å². The van der Waals surface area contributed by atoms with E-state index in [0.717, 1.165) is 23.4 Å². The predicted octanol–water partition coefficient (Wildman–Crippen LogP) is 5.12. The Morgan fingerprint density at radius 1 is 1.23 bits per heavy atom. The molecule has 0 saturated heterocycles. The molecule has 4 heteroatoms. The van der Waals surface area contributed by atoms with Crippen molar-refractivity contribution in [1.29, 1.82) is 0 Å². The average molecular weight is 349 g/mol. The van der Waals surface area contributed by atoms with Gasteiger partial charge in [-0.2, -0.15) is 0 Å². The lowest BCUT2D eigenvalue weighted by molar-refractivity contribution is -0.114. The molecule has 3 rings (SSSR count). The second-order valence-electron chi connectivity index (χ2n) is 7.78. The van der Waals surface area contributed by atoms with E-state index in [1.165, 1.54) is 18.2 Å². The Hall–Kier alpha value is -2.62. The Morgan fingerprint density at radius 3 is 2.58 bits per heavy atom. The molecule has 2 aromatic rings. The third-order valence-electron chi connectivity index (χ3n) is 5.21. The van der Waals surface area contributed by atoms with Crippen molar-refractivity contribution in [2.45, 2.75) is 45.6 Å². The first-order valence-corrected chi connectivity index (χ1v) is 9.06. The highest BCUT2D eigenvalue weighted by atomic mass is 16.1. The number of anilines is 2. The van der Waals surface area contributed by atoms with Gasteiger partial charge in [-0.1, -0.05) is 13.0 Å². The number of hydrogen-bond donors (Lipinski definition) is 1. The molecule has 2 aromatic carbocycles. The summed E-state index contributed by atoms with van der Waals surface area (Å²) in [6.45, 7) is 8.40. The van der Waals surface area contributed by atoms with Gasteiger partial charge in [-0.25, -0.2) is 0 Å². The normalized spacial score (nSPS) is 18.7. The van der Waals surface area contributed by atoms with Crippen LogP contribution in [0.4, 0.5) is 17.1 Å². The molecule has 0 fully saturated rings. The van der Waals surface area contributed by atoms with Gasteiger partial charge in [0.2, 0.25) is 5.91 Å². The van der Waals surface area contributed by atoms with Crippen molar-refractivity contribution < 1.29 is 4.79 Å². The fourth-order valence-corrected chi connectivity index (χ4v) is 3.66. The zero-order valence-electron chi connectivity index (χ0n) is 16.2. The SMILES string of the molecule is CC(=O)Nc1ccc(N=Cc2ccc3c(c2)C(C)CC(C)(C)N3C)cc1. The number of aliphatic imine (C=N–C) groups is 1. The summed E-state index contributed by atoms with van der Waals surface area (Å²) < 4.78 is 0. The van der Waals surface area contributed by atoms with Gasteiger partial charge in [0, 0.05) is 37.1 Å². The molecular weight excluding hydrogens is 322 g/mol. The van der Waals surface area contributed by atoms with Crippen molar-refractivity contribution in [3.05, 3.63) is 53.6 Å².